The highest BCUT2D eigenvalue weighted by atomic mass is 32.2. The lowest BCUT2D eigenvalue weighted by Gasteiger charge is -2.40. The second-order valence-electron chi connectivity index (χ2n) is 7.33. The Bertz CT molecular complexity index is 701. The number of benzene rings is 1. The van der Waals surface area contributed by atoms with Gasteiger partial charge in [-0.05, 0) is 51.3 Å². The lowest BCUT2D eigenvalue weighted by atomic mass is 9.89. The van der Waals surface area contributed by atoms with Gasteiger partial charge in [0, 0.05) is 0 Å². The van der Waals surface area contributed by atoms with E-state index in [1.54, 1.807) is 18.2 Å². The summed E-state index contributed by atoms with van der Waals surface area (Å²) in [7, 11) is -3.53. The molecule has 0 aliphatic carbocycles. The fourth-order valence-corrected chi connectivity index (χ4v) is 5.89. The number of hydroxylamine groups is 2. The van der Waals surface area contributed by atoms with E-state index in [-0.39, 0.29) is 16.8 Å². The second-order valence-corrected chi connectivity index (χ2v) is 9.29. The molecule has 0 radical (unpaired) electrons. The van der Waals surface area contributed by atoms with Gasteiger partial charge < -0.3 is 9.94 Å². The average molecular weight is 370 g/mol. The Labute approximate surface area is 151 Å². The van der Waals surface area contributed by atoms with Gasteiger partial charge in [0.25, 0.3) is 0 Å². The van der Waals surface area contributed by atoms with E-state index in [1.807, 2.05) is 27.7 Å². The molecular formula is C19H31NO4S. The maximum absolute atomic E-state index is 13.2. The molecule has 1 heterocycles. The number of nitrogens with zero attached hydrogens (tertiary/aromatic N) is 1. The number of rotatable bonds is 6. The van der Waals surface area contributed by atoms with Gasteiger partial charge in [-0.25, -0.2) is 8.42 Å². The molecule has 0 saturated heterocycles. The number of ether oxygens (including phenoxy) is 1. The molecule has 25 heavy (non-hydrogen) atoms. The van der Waals surface area contributed by atoms with Crippen LogP contribution in [-0.2, 0) is 9.84 Å². The molecule has 2 rings (SSSR count). The average Bonchev–Trinajstić information content (AvgIpc) is 2.61. The van der Waals surface area contributed by atoms with E-state index in [0.717, 1.165) is 12.8 Å². The topological polar surface area (TPSA) is 66.8 Å². The minimum Gasteiger partial charge on any atom is -0.491 e. The Hall–Kier alpha value is -1.11. The molecule has 1 aliphatic rings. The molecule has 0 fully saturated rings. The van der Waals surface area contributed by atoms with Gasteiger partial charge in [-0.3, -0.25) is 0 Å². The molecule has 0 unspecified atom stereocenters. The summed E-state index contributed by atoms with van der Waals surface area (Å²) in [6.45, 7) is 9.70. The molecule has 1 N–H and O–H groups in total. The molecule has 0 amide bonds. The number of sulfone groups is 1. The van der Waals surface area contributed by atoms with Crippen LogP contribution in [0, 0.1) is 0 Å². The van der Waals surface area contributed by atoms with Crippen molar-refractivity contribution < 1.29 is 18.4 Å². The highest BCUT2D eigenvalue weighted by Gasteiger charge is 2.45. The summed E-state index contributed by atoms with van der Waals surface area (Å²) >= 11 is 0. The first-order valence-electron chi connectivity index (χ1n) is 9.18. The zero-order valence-corrected chi connectivity index (χ0v) is 16.8. The predicted octanol–water partition coefficient (Wildman–Crippen LogP) is 4.35. The fraction of sp³-hybridized carbons (Fsp3) is 0.684. The first kappa shape index (κ1) is 20.2. The van der Waals surface area contributed by atoms with Crippen molar-refractivity contribution in [2.24, 2.45) is 0 Å². The monoisotopic (exact) mass is 369 g/mol. The van der Waals surface area contributed by atoms with Gasteiger partial charge in [0.05, 0.1) is 28.3 Å². The summed E-state index contributed by atoms with van der Waals surface area (Å²) in [5.74, 6) is 0.474. The van der Waals surface area contributed by atoms with E-state index >= 15 is 0 Å². The van der Waals surface area contributed by atoms with Crippen molar-refractivity contribution in [3.8, 4) is 5.75 Å². The van der Waals surface area contributed by atoms with Crippen LogP contribution in [0.2, 0.25) is 0 Å². The highest BCUT2D eigenvalue weighted by molar-refractivity contribution is 7.91. The van der Waals surface area contributed by atoms with Crippen molar-refractivity contribution in [2.75, 3.05) is 5.75 Å². The highest BCUT2D eigenvalue weighted by Crippen LogP contribution is 2.42. The molecule has 1 aromatic carbocycles. The van der Waals surface area contributed by atoms with Gasteiger partial charge in [-0.2, -0.15) is 5.06 Å². The molecule has 0 saturated carbocycles. The third kappa shape index (κ3) is 4.01. The van der Waals surface area contributed by atoms with Crippen molar-refractivity contribution in [1.82, 2.24) is 5.06 Å². The van der Waals surface area contributed by atoms with Gasteiger partial charge in [-0.15, -0.1) is 0 Å². The normalized spacial score (nSPS) is 26.3. The molecule has 6 heteroatoms. The molecule has 1 aromatic rings. The Balaban J connectivity index is 2.56. The minimum atomic E-state index is -3.53. The molecule has 0 aromatic heterocycles. The van der Waals surface area contributed by atoms with Crippen LogP contribution in [0.4, 0.5) is 0 Å². The number of unbranched alkanes of at least 4 members (excludes halogenated alkanes) is 1. The first-order chi connectivity index (χ1) is 11.7. The summed E-state index contributed by atoms with van der Waals surface area (Å²) in [6, 6.07) is 4.77. The van der Waals surface area contributed by atoms with Crippen molar-refractivity contribution >= 4 is 9.84 Å². The van der Waals surface area contributed by atoms with E-state index in [4.69, 9.17) is 4.74 Å². The molecule has 5 nitrogen and oxygen atoms in total. The summed E-state index contributed by atoms with van der Waals surface area (Å²) in [5.41, 5.74) is -0.128. The maximum atomic E-state index is 13.2. The molecule has 142 valence electrons. The SMILES string of the molecule is CCCC[C@]1(CC)CS(=O)(=O)c2cc(OC(C)C)ccc2[C@@H](C)N1O. The van der Waals surface area contributed by atoms with Gasteiger partial charge in [0.2, 0.25) is 0 Å². The molecule has 1 aliphatic heterocycles. The summed E-state index contributed by atoms with van der Waals surface area (Å²) < 4.78 is 32.0. The van der Waals surface area contributed by atoms with Crippen LogP contribution in [0.5, 0.6) is 5.75 Å². The summed E-state index contributed by atoms with van der Waals surface area (Å²) in [6.07, 6.45) is 3.05. The van der Waals surface area contributed by atoms with E-state index in [1.165, 1.54) is 5.06 Å². The Kier molecular flexibility index (Phi) is 6.17. The molecule has 0 spiro atoms. The second kappa shape index (κ2) is 7.64. The molecular weight excluding hydrogens is 338 g/mol. The lowest BCUT2D eigenvalue weighted by molar-refractivity contribution is -0.198. The predicted molar refractivity (Wildman–Crippen MR) is 98.8 cm³/mol. The zero-order valence-electron chi connectivity index (χ0n) is 15.9. The van der Waals surface area contributed by atoms with Crippen LogP contribution >= 0.6 is 0 Å². The summed E-state index contributed by atoms with van der Waals surface area (Å²) in [5, 5.41) is 12.2. The third-order valence-corrected chi connectivity index (χ3v) is 7.05. The Morgan fingerprint density at radius 2 is 2.04 bits per heavy atom. The van der Waals surface area contributed by atoms with Gasteiger partial charge >= 0.3 is 0 Å². The number of hydrogen-bond acceptors (Lipinski definition) is 5. The zero-order chi connectivity index (χ0) is 18.8. The van der Waals surface area contributed by atoms with E-state index < -0.39 is 21.4 Å². The number of hydrogen-bond donors (Lipinski definition) is 1. The largest absolute Gasteiger partial charge is 0.491 e. The molecule has 2 atom stereocenters. The smallest absolute Gasteiger partial charge is 0.180 e. The molecule has 0 bridgehead atoms. The Morgan fingerprint density at radius 3 is 2.60 bits per heavy atom. The van der Waals surface area contributed by atoms with Crippen LogP contribution in [-0.4, -0.2) is 36.1 Å². The minimum absolute atomic E-state index is 0.0300. The van der Waals surface area contributed by atoms with Crippen LogP contribution in [0.25, 0.3) is 0 Å². The maximum Gasteiger partial charge on any atom is 0.180 e. The van der Waals surface area contributed by atoms with Crippen molar-refractivity contribution in [1.29, 1.82) is 0 Å². The van der Waals surface area contributed by atoms with Crippen LogP contribution in [0.15, 0.2) is 23.1 Å². The number of fused-ring (bicyclic) bond motifs is 1. The lowest BCUT2D eigenvalue weighted by Crippen LogP contribution is -2.50. The van der Waals surface area contributed by atoms with Gasteiger partial charge in [0.1, 0.15) is 5.75 Å². The third-order valence-electron chi connectivity index (χ3n) is 5.11. The van der Waals surface area contributed by atoms with Crippen LogP contribution in [0.1, 0.15) is 71.9 Å². The van der Waals surface area contributed by atoms with Crippen LogP contribution < -0.4 is 4.74 Å². The van der Waals surface area contributed by atoms with Crippen LogP contribution in [0.3, 0.4) is 0 Å². The van der Waals surface area contributed by atoms with E-state index in [2.05, 4.69) is 6.92 Å². The summed E-state index contributed by atoms with van der Waals surface area (Å²) in [4.78, 5) is 0.282. The van der Waals surface area contributed by atoms with E-state index in [9.17, 15) is 13.6 Å². The first-order valence-corrected chi connectivity index (χ1v) is 10.8. The van der Waals surface area contributed by atoms with Crippen molar-refractivity contribution in [2.45, 2.75) is 82.9 Å². The van der Waals surface area contributed by atoms with Gasteiger partial charge in [0.15, 0.2) is 9.84 Å². The van der Waals surface area contributed by atoms with E-state index in [0.29, 0.717) is 24.2 Å². The Morgan fingerprint density at radius 1 is 1.36 bits per heavy atom. The quantitative estimate of drug-likeness (QED) is 0.807. The van der Waals surface area contributed by atoms with Crippen molar-refractivity contribution in [3.63, 3.8) is 0 Å². The van der Waals surface area contributed by atoms with Crippen molar-refractivity contribution in [3.05, 3.63) is 23.8 Å². The fourth-order valence-electron chi connectivity index (χ4n) is 3.65. The van der Waals surface area contributed by atoms with Gasteiger partial charge in [-0.1, -0.05) is 32.8 Å². The standard InChI is InChI=1S/C19H31NO4S/c1-6-8-11-19(7-2)13-25(22,23)18-12-16(24-14(3)4)9-10-17(18)15(5)20(19)21/h9-10,12,14-15,21H,6-8,11,13H2,1-5H3/t15-,19-/m1/s1.